The van der Waals surface area contributed by atoms with Crippen molar-refractivity contribution in [3.8, 4) is 6.07 Å². The Morgan fingerprint density at radius 1 is 1.31 bits per heavy atom. The second kappa shape index (κ2) is 8.42. The van der Waals surface area contributed by atoms with E-state index >= 15 is 0 Å². The lowest BCUT2D eigenvalue weighted by molar-refractivity contribution is 0.0724. The molecular formula is C25H29N5O5S. The summed E-state index contributed by atoms with van der Waals surface area (Å²) < 4.78 is 25.8. The first-order chi connectivity index (χ1) is 17.0. The largest absolute Gasteiger partial charge is 0.395 e. The molecule has 5 rings (SSSR count). The number of aromatic nitrogens is 2. The minimum atomic E-state index is -3.66. The van der Waals surface area contributed by atoms with Crippen LogP contribution in [0.3, 0.4) is 0 Å². The van der Waals surface area contributed by atoms with Crippen LogP contribution in [0.15, 0.2) is 29.4 Å². The van der Waals surface area contributed by atoms with E-state index in [1.54, 1.807) is 24.1 Å². The number of nitriles is 1. The molecule has 1 N–H and O–H groups in total. The van der Waals surface area contributed by atoms with Gasteiger partial charge in [-0.15, -0.1) is 0 Å². The van der Waals surface area contributed by atoms with Gasteiger partial charge in [-0.3, -0.25) is 9.48 Å². The highest BCUT2D eigenvalue weighted by molar-refractivity contribution is 7.94. The third-order valence-electron chi connectivity index (χ3n) is 7.60. The van der Waals surface area contributed by atoms with Crippen LogP contribution < -0.4 is 0 Å². The van der Waals surface area contributed by atoms with E-state index in [0.29, 0.717) is 54.9 Å². The Kier molecular flexibility index (Phi) is 5.72. The first kappa shape index (κ1) is 24.5. The molecule has 0 bridgehead atoms. The molecule has 2 aliphatic heterocycles. The highest BCUT2D eigenvalue weighted by Gasteiger charge is 2.60. The van der Waals surface area contributed by atoms with Gasteiger partial charge in [0.25, 0.3) is 5.91 Å². The summed E-state index contributed by atoms with van der Waals surface area (Å²) >= 11 is 0. The van der Waals surface area contributed by atoms with Crippen LogP contribution in [0.1, 0.15) is 72.1 Å². The average molecular weight is 512 g/mol. The van der Waals surface area contributed by atoms with Crippen LogP contribution in [0.25, 0.3) is 0 Å². The van der Waals surface area contributed by atoms with Gasteiger partial charge in [0.15, 0.2) is 15.9 Å². The van der Waals surface area contributed by atoms with E-state index in [1.165, 1.54) is 18.5 Å². The van der Waals surface area contributed by atoms with Crippen LogP contribution in [-0.4, -0.2) is 69.0 Å². The molecule has 2 aromatic rings. The first-order valence-corrected chi connectivity index (χ1v) is 13.5. The minimum absolute atomic E-state index is 0.106. The molecule has 0 unspecified atom stereocenters. The normalized spacial score (nSPS) is 21.0. The maximum atomic E-state index is 13.5. The third kappa shape index (κ3) is 3.62. The number of carbonyl (C=O) groups is 1. The van der Waals surface area contributed by atoms with E-state index in [-0.39, 0.29) is 12.5 Å². The van der Waals surface area contributed by atoms with Crippen LogP contribution >= 0.6 is 0 Å². The lowest BCUT2D eigenvalue weighted by Gasteiger charge is -2.34. The molecule has 190 valence electrons. The van der Waals surface area contributed by atoms with Crippen LogP contribution in [0, 0.1) is 11.3 Å². The summed E-state index contributed by atoms with van der Waals surface area (Å²) in [5.41, 5.74) is 3.71. The summed E-state index contributed by atoms with van der Waals surface area (Å²) in [6, 6.07) is 9.41. The van der Waals surface area contributed by atoms with Crippen molar-refractivity contribution in [2.45, 2.75) is 55.1 Å². The highest BCUT2D eigenvalue weighted by atomic mass is 32.2. The Morgan fingerprint density at radius 3 is 2.69 bits per heavy atom. The number of sulfone groups is 1. The molecule has 1 saturated carbocycles. The Morgan fingerprint density at radius 2 is 2.03 bits per heavy atom. The van der Waals surface area contributed by atoms with Crippen molar-refractivity contribution in [1.29, 1.82) is 5.26 Å². The Bertz CT molecular complexity index is 1410. The molecule has 0 saturated heterocycles. The Balaban J connectivity index is 1.37. The molecule has 10 nitrogen and oxygen atoms in total. The van der Waals surface area contributed by atoms with E-state index in [2.05, 4.69) is 16.3 Å². The van der Waals surface area contributed by atoms with Gasteiger partial charge in [-0.05, 0) is 39.2 Å². The number of carbonyl (C=O) groups excluding carboxylic acids is 1. The molecule has 3 aliphatic rings. The minimum Gasteiger partial charge on any atom is -0.395 e. The van der Waals surface area contributed by atoms with Crippen molar-refractivity contribution in [2.75, 3.05) is 19.7 Å². The van der Waals surface area contributed by atoms with Crippen molar-refractivity contribution in [1.82, 2.24) is 14.7 Å². The van der Waals surface area contributed by atoms with E-state index < -0.39 is 32.0 Å². The molecule has 36 heavy (non-hydrogen) atoms. The predicted molar refractivity (Wildman–Crippen MR) is 131 cm³/mol. The van der Waals surface area contributed by atoms with E-state index in [1.807, 2.05) is 12.1 Å². The van der Waals surface area contributed by atoms with Crippen LogP contribution in [0.4, 0.5) is 0 Å². The molecule has 11 heteroatoms. The lowest BCUT2D eigenvalue weighted by atomic mass is 9.95. The van der Waals surface area contributed by atoms with Gasteiger partial charge < -0.3 is 14.8 Å². The zero-order valence-corrected chi connectivity index (χ0v) is 21.4. The Hall–Kier alpha value is -3.23. The average Bonchev–Trinajstić information content (AvgIpc) is 3.36. The van der Waals surface area contributed by atoms with Gasteiger partial charge >= 0.3 is 0 Å². The molecule has 0 radical (unpaired) electrons. The van der Waals surface area contributed by atoms with Crippen molar-refractivity contribution in [2.24, 2.45) is 12.2 Å². The van der Waals surface area contributed by atoms with Crippen molar-refractivity contribution in [3.05, 3.63) is 52.3 Å². The van der Waals surface area contributed by atoms with Crippen LogP contribution in [0.2, 0.25) is 0 Å². The quantitative estimate of drug-likeness (QED) is 0.599. The highest BCUT2D eigenvalue weighted by Crippen LogP contribution is 2.49. The number of fused-ring (bicyclic) bond motifs is 1. The van der Waals surface area contributed by atoms with E-state index in [0.717, 1.165) is 11.1 Å². The molecular weight excluding hydrogens is 482 g/mol. The number of aliphatic hydroxyl groups is 1. The fraction of sp³-hybridized carbons (Fsp3) is 0.520. The summed E-state index contributed by atoms with van der Waals surface area (Å²) in [6.45, 7) is 3.06. The number of hydrogen-bond acceptors (Lipinski definition) is 8. The Labute approximate surface area is 210 Å². The van der Waals surface area contributed by atoms with Gasteiger partial charge in [-0.25, -0.2) is 8.42 Å². The number of benzene rings is 1. The third-order valence-corrected chi connectivity index (χ3v) is 10.9. The van der Waals surface area contributed by atoms with Crippen molar-refractivity contribution < 1.29 is 23.2 Å². The van der Waals surface area contributed by atoms with Crippen molar-refractivity contribution in [3.63, 3.8) is 0 Å². The second-order valence-electron chi connectivity index (χ2n) is 10.4. The number of nitrogens with zero attached hydrogens (tertiary/aromatic N) is 5. The summed E-state index contributed by atoms with van der Waals surface area (Å²) in [5, 5.41) is 27.9. The van der Waals surface area contributed by atoms with E-state index in [9.17, 15) is 23.6 Å². The van der Waals surface area contributed by atoms with Gasteiger partial charge in [0.05, 0.1) is 27.7 Å². The number of amides is 1. The molecule has 1 amide bonds. The molecule has 1 aromatic heterocycles. The van der Waals surface area contributed by atoms with Crippen LogP contribution in [0.5, 0.6) is 0 Å². The molecule has 3 heterocycles. The molecule has 1 aliphatic carbocycles. The first-order valence-electron chi connectivity index (χ1n) is 12.0. The number of aliphatic hydroxyl groups excluding tert-OH is 1. The number of hydrogen-bond donors (Lipinski definition) is 1. The predicted octanol–water partition coefficient (Wildman–Crippen LogP) is 1.87. The van der Waals surface area contributed by atoms with Gasteiger partial charge in [0, 0.05) is 37.7 Å². The van der Waals surface area contributed by atoms with Gasteiger partial charge in [0.1, 0.15) is 17.1 Å². The number of aryl methyl sites for hydroxylation is 1. The zero-order valence-electron chi connectivity index (χ0n) is 20.6. The SMILES string of the molecule is Cn1nc(C2=NO[C@H](c3ccccc3C#N)C2)c2c1C(=O)N(CC1(S(=O)(=O)C(C)(C)CO)CC1)CC2. The summed E-state index contributed by atoms with van der Waals surface area (Å²) in [5.74, 6) is -0.258. The summed E-state index contributed by atoms with van der Waals surface area (Å²) in [6.07, 6.45) is 1.50. The van der Waals surface area contributed by atoms with Gasteiger partial charge in [-0.2, -0.15) is 10.4 Å². The molecule has 0 spiro atoms. The lowest BCUT2D eigenvalue weighted by Crippen LogP contribution is -2.51. The summed E-state index contributed by atoms with van der Waals surface area (Å²) in [4.78, 5) is 20.8. The van der Waals surface area contributed by atoms with Crippen molar-refractivity contribution >= 4 is 21.5 Å². The smallest absolute Gasteiger partial charge is 0.272 e. The monoisotopic (exact) mass is 511 g/mol. The standard InChI is InChI=1S/C25H29N5O5S/c1-24(2,15-31)36(33,34)25(9-10-25)14-30-11-8-18-21(27-29(3)22(18)23(30)32)19-12-20(35-28-19)17-7-5-4-6-16(17)13-26/h4-7,20,31H,8-12,14-15H2,1-3H3/t20-/m0/s1. The van der Waals surface area contributed by atoms with Gasteiger partial charge in [0.2, 0.25) is 0 Å². The van der Waals surface area contributed by atoms with Gasteiger partial charge in [-0.1, -0.05) is 23.4 Å². The van der Waals surface area contributed by atoms with Crippen LogP contribution in [-0.2, 0) is 28.1 Å². The number of oxime groups is 1. The number of rotatable bonds is 7. The fourth-order valence-electron chi connectivity index (χ4n) is 5.19. The topological polar surface area (TPSA) is 138 Å². The molecule has 1 atom stereocenters. The fourth-order valence-corrected chi connectivity index (χ4v) is 7.49. The maximum absolute atomic E-state index is 13.5. The second-order valence-corrected chi connectivity index (χ2v) is 13.4. The molecule has 1 fully saturated rings. The maximum Gasteiger partial charge on any atom is 0.272 e. The summed E-state index contributed by atoms with van der Waals surface area (Å²) in [7, 11) is -1.96. The zero-order chi connectivity index (χ0) is 25.9. The van der Waals surface area contributed by atoms with E-state index in [4.69, 9.17) is 4.84 Å². The molecule has 1 aromatic carbocycles.